The highest BCUT2D eigenvalue weighted by Crippen LogP contribution is 2.29. The summed E-state index contributed by atoms with van der Waals surface area (Å²) in [4.78, 5) is 25.2. The summed E-state index contributed by atoms with van der Waals surface area (Å²) in [5, 5.41) is 0. The Morgan fingerprint density at radius 3 is 1.67 bits per heavy atom. The normalized spacial score (nSPS) is 12.0. The average molecular weight is 685 g/mol. The maximum absolute atomic E-state index is 13.5. The highest BCUT2D eigenvalue weighted by atomic mass is 19.4. The number of hydrogen-bond acceptors (Lipinski definition) is 6. The molecule has 0 radical (unpaired) electrons. The molecule has 6 nitrogen and oxygen atoms in total. The van der Waals surface area contributed by atoms with E-state index >= 15 is 0 Å². The van der Waals surface area contributed by atoms with Gasteiger partial charge in [0.15, 0.2) is 6.10 Å². The van der Waals surface area contributed by atoms with Gasteiger partial charge in [0.1, 0.15) is 11.5 Å². The minimum Gasteiger partial charge on any atom is -0.494 e. The van der Waals surface area contributed by atoms with Crippen LogP contribution in [0.2, 0.25) is 0 Å². The fourth-order valence-corrected chi connectivity index (χ4v) is 5.31. The van der Waals surface area contributed by atoms with Crippen LogP contribution in [-0.2, 0) is 9.47 Å². The molecule has 3 aromatic carbocycles. The molecule has 0 aromatic heterocycles. The Morgan fingerprint density at radius 1 is 0.592 bits per heavy atom. The van der Waals surface area contributed by atoms with E-state index in [0.717, 1.165) is 23.3 Å². The number of hydrogen-bond donors (Lipinski definition) is 0. The summed E-state index contributed by atoms with van der Waals surface area (Å²) < 4.78 is 61.8. The Bertz CT molecular complexity index is 1350. The van der Waals surface area contributed by atoms with Crippen molar-refractivity contribution in [2.24, 2.45) is 0 Å². The second-order valence-electron chi connectivity index (χ2n) is 12.2. The van der Waals surface area contributed by atoms with E-state index in [9.17, 15) is 22.8 Å². The van der Waals surface area contributed by atoms with Crippen LogP contribution < -0.4 is 9.47 Å². The van der Waals surface area contributed by atoms with E-state index in [0.29, 0.717) is 38.2 Å². The number of benzene rings is 3. The van der Waals surface area contributed by atoms with Gasteiger partial charge in [-0.15, -0.1) is 0 Å². The molecule has 0 heterocycles. The topological polar surface area (TPSA) is 71.1 Å². The Balaban J connectivity index is 1.42. The molecule has 3 aromatic rings. The number of unbranched alkanes of at least 4 members (excludes halogenated alkanes) is 10. The molecule has 0 bridgehead atoms. The van der Waals surface area contributed by atoms with Crippen LogP contribution in [0.1, 0.15) is 118 Å². The molecule has 0 fully saturated rings. The molecule has 1 atom stereocenters. The fourth-order valence-electron chi connectivity index (χ4n) is 5.31. The van der Waals surface area contributed by atoms with Gasteiger partial charge < -0.3 is 18.9 Å². The summed E-state index contributed by atoms with van der Waals surface area (Å²) in [7, 11) is 0. The van der Waals surface area contributed by atoms with Crippen LogP contribution in [0.25, 0.3) is 11.1 Å². The molecule has 0 unspecified atom stereocenters. The van der Waals surface area contributed by atoms with Gasteiger partial charge in [0.05, 0.1) is 17.7 Å². The lowest BCUT2D eigenvalue weighted by Crippen LogP contribution is -2.33. The van der Waals surface area contributed by atoms with Gasteiger partial charge in [-0.3, -0.25) is 0 Å². The van der Waals surface area contributed by atoms with Gasteiger partial charge in [-0.1, -0.05) is 89.0 Å². The Labute approximate surface area is 289 Å². The first-order valence-corrected chi connectivity index (χ1v) is 17.7. The van der Waals surface area contributed by atoms with Crippen molar-refractivity contribution in [1.82, 2.24) is 0 Å². The largest absolute Gasteiger partial charge is 0.494 e. The van der Waals surface area contributed by atoms with Gasteiger partial charge in [0.25, 0.3) is 0 Å². The van der Waals surface area contributed by atoms with Crippen LogP contribution in [-0.4, -0.2) is 44.0 Å². The fraction of sp³-hybridized carbons (Fsp3) is 0.500. The molecule has 3 rings (SSSR count). The summed E-state index contributed by atoms with van der Waals surface area (Å²) in [5.74, 6) is -0.732. The standard InChI is InChI=1S/C40H51F3O6/c1-3-5-6-7-8-9-10-11-15-30-47-35-25-21-32(22-26-35)31-17-19-33(20-18-31)38(44)48-36-27-23-34(24-28-36)39(45)49-37(40(41,42)43)16-13-12-14-29-46-4-2/h17-28,37H,3-16,29-30H2,1-2H3/t37-/m1/s1. The Morgan fingerprint density at radius 2 is 1.08 bits per heavy atom. The predicted octanol–water partition coefficient (Wildman–Crippen LogP) is 11.2. The number of alkyl halides is 3. The van der Waals surface area contributed by atoms with Crippen molar-refractivity contribution >= 4 is 11.9 Å². The second-order valence-corrected chi connectivity index (χ2v) is 12.2. The zero-order valence-electron chi connectivity index (χ0n) is 28.9. The molecule has 268 valence electrons. The van der Waals surface area contributed by atoms with Gasteiger partial charge in [-0.25, -0.2) is 9.59 Å². The van der Waals surface area contributed by atoms with E-state index in [1.165, 1.54) is 75.6 Å². The van der Waals surface area contributed by atoms with Gasteiger partial charge in [-0.05, 0) is 92.3 Å². The lowest BCUT2D eigenvalue weighted by molar-refractivity contribution is -0.206. The lowest BCUT2D eigenvalue weighted by Gasteiger charge is -2.20. The zero-order chi connectivity index (χ0) is 35.3. The minimum atomic E-state index is -4.68. The second kappa shape index (κ2) is 22.0. The molecule has 0 saturated heterocycles. The quantitative estimate of drug-likeness (QED) is 0.0562. The molecule has 0 saturated carbocycles. The minimum absolute atomic E-state index is 0.0744. The van der Waals surface area contributed by atoms with Crippen molar-refractivity contribution < 1.29 is 41.7 Å². The number of ether oxygens (including phenoxy) is 4. The molecule has 0 aliphatic carbocycles. The molecule has 0 amide bonds. The Hall–Kier alpha value is -3.85. The van der Waals surface area contributed by atoms with E-state index in [1.807, 2.05) is 43.3 Å². The third-order valence-electron chi connectivity index (χ3n) is 8.20. The van der Waals surface area contributed by atoms with E-state index < -0.39 is 24.2 Å². The highest BCUT2D eigenvalue weighted by Gasteiger charge is 2.42. The summed E-state index contributed by atoms with van der Waals surface area (Å²) in [6.07, 6.45) is 5.66. The number of rotatable bonds is 23. The molecular formula is C40H51F3O6. The first kappa shape index (κ1) is 39.6. The molecule has 0 spiro atoms. The van der Waals surface area contributed by atoms with E-state index in [-0.39, 0.29) is 24.2 Å². The summed E-state index contributed by atoms with van der Waals surface area (Å²) in [6, 6.07) is 20.0. The van der Waals surface area contributed by atoms with Crippen molar-refractivity contribution in [1.29, 1.82) is 0 Å². The molecule has 9 heteroatoms. The number of halogens is 3. The first-order chi connectivity index (χ1) is 23.7. The third kappa shape index (κ3) is 15.1. The maximum Gasteiger partial charge on any atom is 0.425 e. The van der Waals surface area contributed by atoms with Crippen LogP contribution in [0, 0.1) is 0 Å². The van der Waals surface area contributed by atoms with Crippen LogP contribution in [0.15, 0.2) is 72.8 Å². The highest BCUT2D eigenvalue weighted by molar-refractivity contribution is 5.92. The first-order valence-electron chi connectivity index (χ1n) is 17.7. The number of carbonyl (C=O) groups is 2. The maximum atomic E-state index is 13.5. The molecule has 49 heavy (non-hydrogen) atoms. The summed E-state index contributed by atoms with van der Waals surface area (Å²) in [5.41, 5.74) is 2.15. The number of carbonyl (C=O) groups excluding carboxylic acids is 2. The Kier molecular flexibility index (Phi) is 17.8. The smallest absolute Gasteiger partial charge is 0.425 e. The molecule has 0 aliphatic heterocycles. The summed E-state index contributed by atoms with van der Waals surface area (Å²) in [6.45, 7) is 5.83. The molecular weight excluding hydrogens is 633 g/mol. The van der Waals surface area contributed by atoms with Crippen molar-refractivity contribution in [3.8, 4) is 22.6 Å². The van der Waals surface area contributed by atoms with Crippen molar-refractivity contribution in [3.05, 3.63) is 83.9 Å². The number of esters is 2. The van der Waals surface area contributed by atoms with Crippen LogP contribution in [0.5, 0.6) is 11.5 Å². The van der Waals surface area contributed by atoms with Crippen molar-refractivity contribution in [3.63, 3.8) is 0 Å². The van der Waals surface area contributed by atoms with Gasteiger partial charge in [-0.2, -0.15) is 13.2 Å². The average Bonchev–Trinajstić information content (AvgIpc) is 3.10. The van der Waals surface area contributed by atoms with E-state index in [2.05, 4.69) is 6.92 Å². The molecule has 0 aliphatic rings. The van der Waals surface area contributed by atoms with E-state index in [4.69, 9.17) is 18.9 Å². The summed E-state index contributed by atoms with van der Waals surface area (Å²) >= 11 is 0. The van der Waals surface area contributed by atoms with Gasteiger partial charge >= 0.3 is 18.1 Å². The van der Waals surface area contributed by atoms with Crippen LogP contribution in [0.3, 0.4) is 0 Å². The lowest BCUT2D eigenvalue weighted by atomic mass is 10.0. The van der Waals surface area contributed by atoms with Crippen LogP contribution in [0.4, 0.5) is 13.2 Å². The van der Waals surface area contributed by atoms with Gasteiger partial charge in [0.2, 0.25) is 0 Å². The zero-order valence-corrected chi connectivity index (χ0v) is 28.9. The molecule has 0 N–H and O–H groups in total. The van der Waals surface area contributed by atoms with Crippen molar-refractivity contribution in [2.45, 2.75) is 110 Å². The van der Waals surface area contributed by atoms with Crippen LogP contribution >= 0.6 is 0 Å². The van der Waals surface area contributed by atoms with Crippen molar-refractivity contribution in [2.75, 3.05) is 19.8 Å². The monoisotopic (exact) mass is 684 g/mol. The SMILES string of the molecule is CCCCCCCCCCCOc1ccc(-c2ccc(C(=O)Oc3ccc(C(=O)O[C@H](CCCCCOCC)C(F)(F)F)cc3)cc2)cc1. The van der Waals surface area contributed by atoms with E-state index in [1.54, 1.807) is 12.1 Å². The van der Waals surface area contributed by atoms with Gasteiger partial charge in [0, 0.05) is 13.2 Å². The third-order valence-corrected chi connectivity index (χ3v) is 8.20. The predicted molar refractivity (Wildman–Crippen MR) is 186 cm³/mol.